The van der Waals surface area contributed by atoms with Crippen molar-refractivity contribution in [2.45, 2.75) is 17.9 Å². The molecule has 172 valence electrons. The SMILES string of the molecule is COc1ccc([C@@H]2C=C(c3ccc(OC)c(OC)c3)NN2S(=O)(=O)c2ccc(C)cc2)cc1. The molecule has 1 aliphatic rings. The summed E-state index contributed by atoms with van der Waals surface area (Å²) < 4.78 is 44.5. The fourth-order valence-electron chi connectivity index (χ4n) is 3.68. The molecule has 0 aromatic heterocycles. The van der Waals surface area contributed by atoms with E-state index in [-0.39, 0.29) is 4.90 Å². The fourth-order valence-corrected chi connectivity index (χ4v) is 5.09. The van der Waals surface area contributed by atoms with E-state index in [0.717, 1.165) is 16.7 Å². The van der Waals surface area contributed by atoms with Crippen molar-refractivity contribution in [1.29, 1.82) is 0 Å². The highest BCUT2D eigenvalue weighted by Crippen LogP contribution is 2.38. The number of hydrogen-bond acceptors (Lipinski definition) is 6. The topological polar surface area (TPSA) is 77.1 Å². The summed E-state index contributed by atoms with van der Waals surface area (Å²) in [5.74, 6) is 1.84. The van der Waals surface area contributed by atoms with Crippen molar-refractivity contribution in [3.8, 4) is 17.2 Å². The number of nitrogens with zero attached hydrogens (tertiary/aromatic N) is 1. The van der Waals surface area contributed by atoms with Crippen molar-refractivity contribution in [1.82, 2.24) is 9.84 Å². The number of hydrazine groups is 1. The molecule has 1 aliphatic heterocycles. The van der Waals surface area contributed by atoms with Crippen molar-refractivity contribution < 1.29 is 22.6 Å². The van der Waals surface area contributed by atoms with Crippen LogP contribution < -0.4 is 19.6 Å². The quantitative estimate of drug-likeness (QED) is 0.559. The van der Waals surface area contributed by atoms with E-state index in [1.54, 1.807) is 51.7 Å². The van der Waals surface area contributed by atoms with Gasteiger partial charge in [-0.2, -0.15) is 0 Å². The molecular formula is C25H26N2O5S. The van der Waals surface area contributed by atoms with Gasteiger partial charge in [0.1, 0.15) is 5.75 Å². The summed E-state index contributed by atoms with van der Waals surface area (Å²) in [5.41, 5.74) is 6.31. The Labute approximate surface area is 194 Å². The molecule has 4 rings (SSSR count). The van der Waals surface area contributed by atoms with Crippen LogP contribution >= 0.6 is 0 Å². The molecule has 0 saturated carbocycles. The first-order valence-electron chi connectivity index (χ1n) is 10.3. The second-order valence-electron chi connectivity index (χ2n) is 7.59. The predicted molar refractivity (Wildman–Crippen MR) is 127 cm³/mol. The lowest BCUT2D eigenvalue weighted by atomic mass is 10.0. The highest BCUT2D eigenvalue weighted by Gasteiger charge is 2.37. The number of methoxy groups -OCH3 is 3. The summed E-state index contributed by atoms with van der Waals surface area (Å²) in [6, 6.07) is 19.0. The highest BCUT2D eigenvalue weighted by atomic mass is 32.2. The van der Waals surface area contributed by atoms with E-state index in [9.17, 15) is 8.42 Å². The van der Waals surface area contributed by atoms with E-state index >= 15 is 0 Å². The van der Waals surface area contributed by atoms with Crippen molar-refractivity contribution >= 4 is 15.7 Å². The molecule has 0 fully saturated rings. The predicted octanol–water partition coefficient (Wildman–Crippen LogP) is 4.31. The molecule has 0 amide bonds. The smallest absolute Gasteiger partial charge is 0.260 e. The normalized spacial score (nSPS) is 16.1. The molecule has 0 unspecified atom stereocenters. The summed E-state index contributed by atoms with van der Waals surface area (Å²) in [5, 5.41) is 0. The first-order chi connectivity index (χ1) is 15.9. The molecule has 0 saturated heterocycles. The van der Waals surface area contributed by atoms with E-state index in [0.29, 0.717) is 22.9 Å². The lowest BCUT2D eigenvalue weighted by Crippen LogP contribution is -2.39. The molecule has 1 heterocycles. The van der Waals surface area contributed by atoms with Crippen LogP contribution in [0.25, 0.3) is 5.70 Å². The Morgan fingerprint density at radius 1 is 0.818 bits per heavy atom. The number of hydrogen-bond donors (Lipinski definition) is 1. The zero-order valence-electron chi connectivity index (χ0n) is 18.9. The van der Waals surface area contributed by atoms with Gasteiger partial charge in [-0.25, -0.2) is 8.42 Å². The van der Waals surface area contributed by atoms with Crippen LogP contribution in [-0.4, -0.2) is 34.2 Å². The Morgan fingerprint density at radius 3 is 2.09 bits per heavy atom. The van der Waals surface area contributed by atoms with Gasteiger partial charge < -0.3 is 19.6 Å². The third-order valence-electron chi connectivity index (χ3n) is 5.54. The molecule has 0 bridgehead atoms. The van der Waals surface area contributed by atoms with Crippen molar-refractivity contribution in [2.75, 3.05) is 21.3 Å². The Kier molecular flexibility index (Phi) is 6.31. The van der Waals surface area contributed by atoms with E-state index in [1.165, 1.54) is 4.41 Å². The van der Waals surface area contributed by atoms with E-state index in [2.05, 4.69) is 5.43 Å². The van der Waals surface area contributed by atoms with Gasteiger partial charge in [-0.15, -0.1) is 4.41 Å². The first-order valence-corrected chi connectivity index (χ1v) is 11.8. The van der Waals surface area contributed by atoms with Crippen LogP contribution in [0.2, 0.25) is 0 Å². The standard InChI is InChI=1S/C25H26N2O5S/c1-17-5-12-21(13-6-17)33(28,29)27-23(18-7-10-20(30-2)11-8-18)16-22(26-27)19-9-14-24(31-3)25(15-19)32-4/h5-16,23,26H,1-4H3/t23-/m0/s1. The number of benzene rings is 3. The molecule has 3 aromatic carbocycles. The largest absolute Gasteiger partial charge is 0.497 e. The Bertz CT molecular complexity index is 1270. The number of aryl methyl sites for hydroxylation is 1. The second kappa shape index (κ2) is 9.17. The summed E-state index contributed by atoms with van der Waals surface area (Å²) in [6.07, 6.45) is 1.88. The highest BCUT2D eigenvalue weighted by molar-refractivity contribution is 7.89. The monoisotopic (exact) mass is 466 g/mol. The number of nitrogens with one attached hydrogen (secondary N) is 1. The van der Waals surface area contributed by atoms with Gasteiger partial charge in [0, 0.05) is 5.56 Å². The average molecular weight is 467 g/mol. The van der Waals surface area contributed by atoms with E-state index < -0.39 is 16.1 Å². The van der Waals surface area contributed by atoms with Crippen LogP contribution in [0.1, 0.15) is 22.7 Å². The summed E-state index contributed by atoms with van der Waals surface area (Å²) in [4.78, 5) is 0.209. The maximum absolute atomic E-state index is 13.6. The van der Waals surface area contributed by atoms with Crippen LogP contribution in [0.4, 0.5) is 0 Å². The van der Waals surface area contributed by atoms with Crippen LogP contribution in [0.3, 0.4) is 0 Å². The van der Waals surface area contributed by atoms with Gasteiger partial charge in [0.05, 0.1) is 38.0 Å². The molecule has 0 radical (unpaired) electrons. The zero-order valence-corrected chi connectivity index (χ0v) is 19.7. The van der Waals surface area contributed by atoms with Gasteiger partial charge in [-0.1, -0.05) is 29.8 Å². The fraction of sp³-hybridized carbons (Fsp3) is 0.200. The Balaban J connectivity index is 1.78. The van der Waals surface area contributed by atoms with Gasteiger partial charge in [0.25, 0.3) is 10.0 Å². The van der Waals surface area contributed by atoms with Crippen LogP contribution in [-0.2, 0) is 10.0 Å². The van der Waals surface area contributed by atoms with Gasteiger partial charge >= 0.3 is 0 Å². The minimum absolute atomic E-state index is 0.209. The van der Waals surface area contributed by atoms with E-state index in [4.69, 9.17) is 14.2 Å². The van der Waals surface area contributed by atoms with Gasteiger partial charge in [0.15, 0.2) is 11.5 Å². The van der Waals surface area contributed by atoms with Gasteiger partial charge in [0.2, 0.25) is 0 Å². The number of rotatable bonds is 7. The molecular weight excluding hydrogens is 440 g/mol. The first kappa shape index (κ1) is 22.7. The summed E-state index contributed by atoms with van der Waals surface area (Å²) >= 11 is 0. The average Bonchev–Trinajstić information content (AvgIpc) is 3.30. The van der Waals surface area contributed by atoms with Crippen molar-refractivity contribution in [3.63, 3.8) is 0 Å². The van der Waals surface area contributed by atoms with Crippen LogP contribution in [0.15, 0.2) is 77.7 Å². The zero-order chi connectivity index (χ0) is 23.6. The number of sulfonamides is 1. The second-order valence-corrected chi connectivity index (χ2v) is 9.41. The van der Waals surface area contributed by atoms with Crippen molar-refractivity contribution in [2.24, 2.45) is 0 Å². The van der Waals surface area contributed by atoms with Crippen LogP contribution in [0, 0.1) is 6.92 Å². The number of ether oxygens (including phenoxy) is 3. The maximum Gasteiger partial charge on any atom is 0.260 e. The summed E-state index contributed by atoms with van der Waals surface area (Å²) in [7, 11) is 0.869. The van der Waals surface area contributed by atoms with Crippen molar-refractivity contribution in [3.05, 3.63) is 89.5 Å². The third-order valence-corrected chi connectivity index (χ3v) is 7.24. The van der Waals surface area contributed by atoms with E-state index in [1.807, 2.05) is 49.4 Å². The molecule has 8 heteroatoms. The van der Waals surface area contributed by atoms with Gasteiger partial charge in [-0.3, -0.25) is 0 Å². The Morgan fingerprint density at radius 2 is 1.48 bits per heavy atom. The minimum atomic E-state index is -3.85. The van der Waals surface area contributed by atoms with Gasteiger partial charge in [-0.05, 0) is 61.0 Å². The molecule has 3 aromatic rings. The third kappa shape index (κ3) is 4.40. The molecule has 1 atom stereocenters. The molecule has 1 N–H and O–H groups in total. The molecule has 33 heavy (non-hydrogen) atoms. The minimum Gasteiger partial charge on any atom is -0.497 e. The molecule has 7 nitrogen and oxygen atoms in total. The van der Waals surface area contributed by atoms with Crippen LogP contribution in [0.5, 0.6) is 17.2 Å². The maximum atomic E-state index is 13.6. The Hall–Kier alpha value is -3.49. The molecule has 0 aliphatic carbocycles. The lowest BCUT2D eigenvalue weighted by Gasteiger charge is -2.25. The molecule has 0 spiro atoms. The lowest BCUT2D eigenvalue weighted by molar-refractivity contribution is 0.347. The summed E-state index contributed by atoms with van der Waals surface area (Å²) in [6.45, 7) is 1.92.